The second kappa shape index (κ2) is 6.12. The molecule has 0 radical (unpaired) electrons. The molecule has 0 aromatic heterocycles. The zero-order chi connectivity index (χ0) is 12.9. The van der Waals surface area contributed by atoms with Crippen LogP contribution in [-0.4, -0.2) is 49.5 Å². The average Bonchev–Trinajstić information content (AvgIpc) is 2.17. The van der Waals surface area contributed by atoms with E-state index in [0.29, 0.717) is 0 Å². The molecule has 1 unspecified atom stereocenters. The van der Waals surface area contributed by atoms with Gasteiger partial charge in [-0.2, -0.15) is 4.31 Å². The third-order valence-corrected chi connectivity index (χ3v) is 4.87. The van der Waals surface area contributed by atoms with Crippen LogP contribution in [0.15, 0.2) is 0 Å². The van der Waals surface area contributed by atoms with Crippen LogP contribution < -0.4 is 11.1 Å². The predicted molar refractivity (Wildman–Crippen MR) is 66.5 cm³/mol. The minimum absolute atomic E-state index is 0.0775. The van der Waals surface area contributed by atoms with Gasteiger partial charge in [-0.25, -0.2) is 8.42 Å². The number of carbonyl (C=O) groups excluding carboxylic acids is 1. The minimum atomic E-state index is -3.65. The second-order valence-electron chi connectivity index (χ2n) is 3.27. The van der Waals surface area contributed by atoms with Crippen LogP contribution in [0.3, 0.4) is 0 Å². The smallest absolute Gasteiger partial charge is 0.235 e. The Hall–Kier alpha value is -0.730. The van der Waals surface area contributed by atoms with Crippen molar-refractivity contribution in [2.45, 2.75) is 18.6 Å². The van der Waals surface area contributed by atoms with Crippen molar-refractivity contribution < 1.29 is 13.2 Å². The van der Waals surface area contributed by atoms with E-state index in [9.17, 15) is 13.2 Å². The van der Waals surface area contributed by atoms with Crippen molar-refractivity contribution >= 4 is 33.1 Å². The van der Waals surface area contributed by atoms with Gasteiger partial charge < -0.3 is 11.1 Å². The van der Waals surface area contributed by atoms with Gasteiger partial charge in [-0.15, -0.1) is 0 Å². The molecule has 8 heteroatoms. The summed E-state index contributed by atoms with van der Waals surface area (Å²) in [5, 5.41) is 1.43. The van der Waals surface area contributed by atoms with E-state index < -0.39 is 15.3 Å². The summed E-state index contributed by atoms with van der Waals surface area (Å²) in [6.45, 7) is 1.44. The molecule has 0 saturated carbocycles. The van der Waals surface area contributed by atoms with Crippen molar-refractivity contribution in [1.29, 1.82) is 0 Å². The first-order valence-electron chi connectivity index (χ1n) is 4.72. The summed E-state index contributed by atoms with van der Waals surface area (Å²) >= 11 is 4.70. The van der Waals surface area contributed by atoms with Crippen LogP contribution >= 0.6 is 12.2 Å². The van der Waals surface area contributed by atoms with Crippen LogP contribution in [0, 0.1) is 0 Å². The molecule has 0 aliphatic rings. The van der Waals surface area contributed by atoms with Crippen LogP contribution in [0.1, 0.15) is 13.3 Å². The molecule has 0 bridgehead atoms. The molecule has 1 atom stereocenters. The molecule has 0 aliphatic carbocycles. The normalized spacial score (nSPS) is 13.5. The summed E-state index contributed by atoms with van der Waals surface area (Å²) in [5.41, 5.74) is 5.36. The number of nitrogens with one attached hydrogen (secondary N) is 1. The summed E-state index contributed by atoms with van der Waals surface area (Å²) in [4.78, 5) is 11.0. The van der Waals surface area contributed by atoms with Crippen molar-refractivity contribution in [3.8, 4) is 0 Å². The van der Waals surface area contributed by atoms with Gasteiger partial charge in [0.05, 0.1) is 11.5 Å². The van der Waals surface area contributed by atoms with Gasteiger partial charge in [-0.1, -0.05) is 19.1 Å². The van der Waals surface area contributed by atoms with E-state index in [2.05, 4.69) is 5.32 Å². The molecule has 6 nitrogen and oxygen atoms in total. The van der Waals surface area contributed by atoms with E-state index in [0.717, 1.165) is 4.31 Å². The fraction of sp³-hybridized carbons (Fsp3) is 0.750. The van der Waals surface area contributed by atoms with Crippen molar-refractivity contribution in [1.82, 2.24) is 9.62 Å². The maximum absolute atomic E-state index is 11.9. The summed E-state index contributed by atoms with van der Waals surface area (Å²) in [6, 6.07) is 0. The maximum Gasteiger partial charge on any atom is 0.235 e. The molecule has 16 heavy (non-hydrogen) atoms. The monoisotopic (exact) mass is 267 g/mol. The number of nitrogens with two attached hydrogens (primary N) is 1. The van der Waals surface area contributed by atoms with E-state index in [4.69, 9.17) is 18.0 Å². The van der Waals surface area contributed by atoms with E-state index in [1.807, 2.05) is 0 Å². The minimum Gasteiger partial charge on any atom is -0.392 e. The van der Waals surface area contributed by atoms with Crippen molar-refractivity contribution in [3.63, 3.8) is 0 Å². The second-order valence-corrected chi connectivity index (χ2v) is 5.97. The molecule has 94 valence electrons. The number of rotatable bonds is 6. The van der Waals surface area contributed by atoms with E-state index in [1.165, 1.54) is 14.1 Å². The first kappa shape index (κ1) is 15.3. The Morgan fingerprint density at radius 1 is 1.56 bits per heavy atom. The Labute approximate surface area is 101 Å². The van der Waals surface area contributed by atoms with Crippen molar-refractivity contribution in [2.75, 3.05) is 20.6 Å². The summed E-state index contributed by atoms with van der Waals surface area (Å²) in [7, 11) is -0.886. The number of likely N-dealkylation sites (N-methyl/N-ethyl adjacent to an activating group) is 2. The summed E-state index contributed by atoms with van der Waals surface area (Å²) < 4.78 is 24.8. The Morgan fingerprint density at radius 2 is 2.06 bits per heavy atom. The highest BCUT2D eigenvalue weighted by molar-refractivity contribution is 7.92. The lowest BCUT2D eigenvalue weighted by Crippen LogP contribution is -2.45. The standard InChI is InChI=1S/C8H17N3O3S2/c1-4-6(8(9)15)16(13,14)11(3)5-7(12)10-2/h6H,4-5H2,1-3H3,(H2,9,15)(H,10,12). The van der Waals surface area contributed by atoms with Gasteiger partial charge in [0, 0.05) is 14.1 Å². The van der Waals surface area contributed by atoms with Crippen LogP contribution in [0.4, 0.5) is 0 Å². The predicted octanol–water partition coefficient (Wildman–Crippen LogP) is -0.941. The fourth-order valence-corrected chi connectivity index (χ4v) is 3.12. The number of amides is 1. The lowest BCUT2D eigenvalue weighted by molar-refractivity contribution is -0.120. The molecular weight excluding hydrogens is 250 g/mol. The molecule has 3 N–H and O–H groups in total. The Morgan fingerprint density at radius 3 is 2.38 bits per heavy atom. The number of sulfonamides is 1. The number of hydrogen-bond acceptors (Lipinski definition) is 4. The van der Waals surface area contributed by atoms with Crippen LogP contribution in [0.5, 0.6) is 0 Å². The van der Waals surface area contributed by atoms with Crippen molar-refractivity contribution in [2.24, 2.45) is 5.73 Å². The Kier molecular flexibility index (Phi) is 5.84. The molecule has 1 amide bonds. The van der Waals surface area contributed by atoms with E-state index in [1.54, 1.807) is 6.92 Å². The van der Waals surface area contributed by atoms with Gasteiger partial charge in [0.1, 0.15) is 5.25 Å². The van der Waals surface area contributed by atoms with Crippen LogP contribution in [0.2, 0.25) is 0 Å². The van der Waals surface area contributed by atoms with E-state index >= 15 is 0 Å². The molecular formula is C8H17N3O3S2. The highest BCUT2D eigenvalue weighted by Gasteiger charge is 2.31. The molecule has 0 fully saturated rings. The number of nitrogens with zero attached hydrogens (tertiary/aromatic N) is 1. The molecule has 0 aromatic rings. The van der Waals surface area contributed by atoms with Gasteiger partial charge in [0.15, 0.2) is 0 Å². The third kappa shape index (κ3) is 3.69. The SMILES string of the molecule is CCC(C(N)=S)S(=O)(=O)N(C)CC(=O)NC. The zero-order valence-corrected chi connectivity index (χ0v) is 11.2. The van der Waals surface area contributed by atoms with Gasteiger partial charge in [-0.05, 0) is 6.42 Å². The topological polar surface area (TPSA) is 92.5 Å². The lowest BCUT2D eigenvalue weighted by Gasteiger charge is -2.22. The average molecular weight is 267 g/mol. The van der Waals surface area contributed by atoms with Gasteiger partial charge >= 0.3 is 0 Å². The lowest BCUT2D eigenvalue weighted by atomic mass is 10.3. The van der Waals surface area contributed by atoms with Crippen LogP contribution in [0.25, 0.3) is 0 Å². The first-order chi connectivity index (χ1) is 7.27. The van der Waals surface area contributed by atoms with E-state index in [-0.39, 0.29) is 23.9 Å². The quantitative estimate of drug-likeness (QED) is 0.606. The fourth-order valence-electron chi connectivity index (χ4n) is 1.15. The van der Waals surface area contributed by atoms with Crippen LogP contribution in [-0.2, 0) is 14.8 Å². The molecule has 0 saturated heterocycles. The van der Waals surface area contributed by atoms with Crippen molar-refractivity contribution in [3.05, 3.63) is 0 Å². The van der Waals surface area contributed by atoms with Gasteiger partial charge in [0.2, 0.25) is 15.9 Å². The van der Waals surface area contributed by atoms with Gasteiger partial charge in [-0.3, -0.25) is 4.79 Å². The number of hydrogen-bond donors (Lipinski definition) is 2. The van der Waals surface area contributed by atoms with Gasteiger partial charge in [0.25, 0.3) is 0 Å². The maximum atomic E-state index is 11.9. The summed E-state index contributed by atoms with van der Waals surface area (Å²) in [5.74, 6) is -0.385. The first-order valence-corrected chi connectivity index (χ1v) is 6.63. The highest BCUT2D eigenvalue weighted by atomic mass is 32.2. The molecule has 0 heterocycles. The molecule has 0 spiro atoms. The largest absolute Gasteiger partial charge is 0.392 e. The highest BCUT2D eigenvalue weighted by Crippen LogP contribution is 2.11. The molecule has 0 aliphatic heterocycles. The number of thiocarbonyl (C=S) groups is 1. The third-order valence-electron chi connectivity index (χ3n) is 2.13. The summed E-state index contributed by atoms with van der Waals surface area (Å²) in [6.07, 6.45) is 0.287. The Balaban J connectivity index is 4.90. The molecule has 0 rings (SSSR count). The Bertz CT molecular complexity index is 367. The number of carbonyl (C=O) groups is 1. The molecule has 0 aromatic carbocycles. The zero-order valence-electron chi connectivity index (χ0n) is 9.56.